The molecule has 2 heterocycles. The number of ether oxygens (including phenoxy) is 1. The van der Waals surface area contributed by atoms with Crippen molar-refractivity contribution >= 4 is 6.09 Å². The second kappa shape index (κ2) is 3.89. The first kappa shape index (κ1) is 9.83. The lowest BCUT2D eigenvalue weighted by atomic mass is 10.2. The van der Waals surface area contributed by atoms with E-state index in [1.54, 1.807) is 0 Å². The van der Waals surface area contributed by atoms with Gasteiger partial charge in [-0.2, -0.15) is 4.98 Å². The standard InChI is InChI=1S/C11H9N3O3/c15-11-12-8(6-16-11)10-13-9(14-17-10)7-4-2-1-3-5-7/h1-5,8H,6H2,(H,12,15)/t8-/m0/s1. The fraction of sp³-hybridized carbons (Fsp3) is 0.182. The van der Waals surface area contributed by atoms with E-state index in [1.807, 2.05) is 30.3 Å². The number of carbonyl (C=O) groups is 1. The number of benzene rings is 1. The molecule has 0 saturated carbocycles. The Morgan fingerprint density at radius 1 is 1.29 bits per heavy atom. The minimum Gasteiger partial charge on any atom is -0.447 e. The van der Waals surface area contributed by atoms with Gasteiger partial charge in [-0.15, -0.1) is 0 Å². The van der Waals surface area contributed by atoms with Crippen LogP contribution in [0.25, 0.3) is 11.4 Å². The van der Waals surface area contributed by atoms with Gasteiger partial charge < -0.3 is 14.6 Å². The molecule has 1 N–H and O–H groups in total. The summed E-state index contributed by atoms with van der Waals surface area (Å²) in [4.78, 5) is 15.1. The van der Waals surface area contributed by atoms with E-state index >= 15 is 0 Å². The highest BCUT2D eigenvalue weighted by Crippen LogP contribution is 2.20. The summed E-state index contributed by atoms with van der Waals surface area (Å²) in [7, 11) is 0. The number of hydrogen-bond acceptors (Lipinski definition) is 5. The number of alkyl carbamates (subject to hydrolysis) is 1. The molecule has 6 nitrogen and oxygen atoms in total. The number of nitrogens with zero attached hydrogens (tertiary/aromatic N) is 2. The first-order valence-electron chi connectivity index (χ1n) is 5.15. The molecule has 0 bridgehead atoms. The molecular formula is C11H9N3O3. The smallest absolute Gasteiger partial charge is 0.407 e. The molecule has 1 aliphatic heterocycles. The SMILES string of the molecule is O=C1N[C@H](c2nc(-c3ccccc3)no2)CO1. The quantitative estimate of drug-likeness (QED) is 0.847. The maximum absolute atomic E-state index is 10.9. The predicted octanol–water partition coefficient (Wildman–Crippen LogP) is 1.52. The fourth-order valence-corrected chi connectivity index (χ4v) is 1.60. The molecule has 1 fully saturated rings. The Balaban J connectivity index is 1.86. The molecule has 17 heavy (non-hydrogen) atoms. The lowest BCUT2D eigenvalue weighted by Gasteiger charge is -1.97. The van der Waals surface area contributed by atoms with Crippen LogP contribution in [-0.4, -0.2) is 22.8 Å². The zero-order chi connectivity index (χ0) is 11.7. The molecule has 0 spiro atoms. The number of cyclic esters (lactones) is 1. The van der Waals surface area contributed by atoms with Gasteiger partial charge in [-0.05, 0) is 0 Å². The fourth-order valence-electron chi connectivity index (χ4n) is 1.60. The van der Waals surface area contributed by atoms with Crippen LogP contribution < -0.4 is 5.32 Å². The van der Waals surface area contributed by atoms with E-state index in [4.69, 9.17) is 9.26 Å². The Hall–Kier alpha value is -2.37. The van der Waals surface area contributed by atoms with Gasteiger partial charge in [0.25, 0.3) is 5.89 Å². The van der Waals surface area contributed by atoms with Crippen LogP contribution in [0.3, 0.4) is 0 Å². The molecule has 1 aromatic heterocycles. The van der Waals surface area contributed by atoms with E-state index in [1.165, 1.54) is 0 Å². The van der Waals surface area contributed by atoms with Crippen LogP contribution in [0.4, 0.5) is 4.79 Å². The largest absolute Gasteiger partial charge is 0.447 e. The molecule has 6 heteroatoms. The summed E-state index contributed by atoms with van der Waals surface area (Å²) in [6.45, 7) is 0.218. The molecule has 0 unspecified atom stereocenters. The highest BCUT2D eigenvalue weighted by molar-refractivity contribution is 5.69. The van der Waals surface area contributed by atoms with Crippen molar-refractivity contribution < 1.29 is 14.1 Å². The van der Waals surface area contributed by atoms with E-state index < -0.39 is 6.09 Å². The third-order valence-corrected chi connectivity index (χ3v) is 2.44. The van der Waals surface area contributed by atoms with Crippen LogP contribution in [0.1, 0.15) is 11.9 Å². The average molecular weight is 231 g/mol. The summed E-state index contributed by atoms with van der Waals surface area (Å²) in [6.07, 6.45) is -0.463. The van der Waals surface area contributed by atoms with Gasteiger partial charge in [0.1, 0.15) is 12.6 Å². The Morgan fingerprint density at radius 3 is 2.82 bits per heavy atom. The second-order valence-corrected chi connectivity index (χ2v) is 3.62. The molecule has 3 rings (SSSR count). The number of aromatic nitrogens is 2. The maximum Gasteiger partial charge on any atom is 0.407 e. The first-order valence-corrected chi connectivity index (χ1v) is 5.15. The van der Waals surface area contributed by atoms with Crippen LogP contribution in [0.2, 0.25) is 0 Å². The Morgan fingerprint density at radius 2 is 2.12 bits per heavy atom. The zero-order valence-corrected chi connectivity index (χ0v) is 8.79. The van der Waals surface area contributed by atoms with Crippen molar-refractivity contribution in [1.82, 2.24) is 15.5 Å². The van der Waals surface area contributed by atoms with E-state index in [0.29, 0.717) is 11.7 Å². The molecule has 1 atom stereocenters. The third kappa shape index (κ3) is 1.84. The summed E-state index contributed by atoms with van der Waals surface area (Å²) < 4.78 is 9.85. The molecule has 1 amide bonds. The van der Waals surface area contributed by atoms with Crippen molar-refractivity contribution in [2.24, 2.45) is 0 Å². The van der Waals surface area contributed by atoms with E-state index in [2.05, 4.69) is 15.5 Å². The van der Waals surface area contributed by atoms with E-state index in [9.17, 15) is 4.79 Å². The molecule has 1 aliphatic rings. The predicted molar refractivity (Wildman–Crippen MR) is 57.0 cm³/mol. The Bertz CT molecular complexity index is 538. The topological polar surface area (TPSA) is 77.3 Å². The Labute approximate surface area is 96.6 Å². The van der Waals surface area contributed by atoms with Crippen LogP contribution in [-0.2, 0) is 4.74 Å². The summed E-state index contributed by atoms with van der Waals surface area (Å²) in [6, 6.07) is 9.12. The number of amides is 1. The highest BCUT2D eigenvalue weighted by atomic mass is 16.6. The van der Waals surface area contributed by atoms with E-state index in [-0.39, 0.29) is 12.6 Å². The van der Waals surface area contributed by atoms with Crippen LogP contribution in [0.5, 0.6) is 0 Å². The first-order chi connectivity index (χ1) is 8.33. The van der Waals surface area contributed by atoms with Crippen molar-refractivity contribution in [1.29, 1.82) is 0 Å². The molecule has 2 aromatic rings. The summed E-state index contributed by atoms with van der Waals surface area (Å²) in [5, 5.41) is 6.44. The van der Waals surface area contributed by atoms with Gasteiger partial charge in [0.15, 0.2) is 0 Å². The molecule has 1 saturated heterocycles. The van der Waals surface area contributed by atoms with Crippen molar-refractivity contribution in [3.8, 4) is 11.4 Å². The minimum absolute atomic E-state index is 0.218. The summed E-state index contributed by atoms with van der Waals surface area (Å²) >= 11 is 0. The van der Waals surface area contributed by atoms with Gasteiger partial charge in [-0.25, -0.2) is 4.79 Å². The van der Waals surface area contributed by atoms with E-state index in [0.717, 1.165) is 5.56 Å². The van der Waals surface area contributed by atoms with Crippen molar-refractivity contribution in [2.45, 2.75) is 6.04 Å². The molecule has 0 aliphatic carbocycles. The van der Waals surface area contributed by atoms with Crippen LogP contribution in [0.15, 0.2) is 34.9 Å². The average Bonchev–Trinajstić information content (AvgIpc) is 2.98. The highest BCUT2D eigenvalue weighted by Gasteiger charge is 2.28. The van der Waals surface area contributed by atoms with Gasteiger partial charge in [0.05, 0.1) is 0 Å². The lowest BCUT2D eigenvalue weighted by molar-refractivity contribution is 0.176. The number of carbonyl (C=O) groups excluding carboxylic acids is 1. The number of hydrogen-bond donors (Lipinski definition) is 1. The monoisotopic (exact) mass is 231 g/mol. The molecular weight excluding hydrogens is 222 g/mol. The van der Waals surface area contributed by atoms with Gasteiger partial charge in [-0.3, -0.25) is 0 Å². The normalized spacial score (nSPS) is 18.8. The van der Waals surface area contributed by atoms with Crippen LogP contribution in [0, 0.1) is 0 Å². The minimum atomic E-state index is -0.463. The number of rotatable bonds is 2. The molecule has 86 valence electrons. The third-order valence-electron chi connectivity index (χ3n) is 2.44. The maximum atomic E-state index is 10.9. The zero-order valence-electron chi connectivity index (χ0n) is 8.79. The number of nitrogens with one attached hydrogen (secondary N) is 1. The van der Waals surface area contributed by atoms with Gasteiger partial charge in [0.2, 0.25) is 5.82 Å². The van der Waals surface area contributed by atoms with Crippen molar-refractivity contribution in [3.05, 3.63) is 36.2 Å². The van der Waals surface area contributed by atoms with Gasteiger partial charge in [-0.1, -0.05) is 35.5 Å². The lowest BCUT2D eigenvalue weighted by Crippen LogP contribution is -2.18. The second-order valence-electron chi connectivity index (χ2n) is 3.62. The van der Waals surface area contributed by atoms with Crippen molar-refractivity contribution in [2.75, 3.05) is 6.61 Å². The van der Waals surface area contributed by atoms with Gasteiger partial charge >= 0.3 is 6.09 Å². The molecule has 0 radical (unpaired) electrons. The summed E-state index contributed by atoms with van der Waals surface area (Å²) in [5.41, 5.74) is 0.868. The van der Waals surface area contributed by atoms with Crippen molar-refractivity contribution in [3.63, 3.8) is 0 Å². The summed E-state index contributed by atoms with van der Waals surface area (Å²) in [5.74, 6) is 0.858. The van der Waals surface area contributed by atoms with Gasteiger partial charge in [0, 0.05) is 5.56 Å². The Kier molecular flexibility index (Phi) is 2.25. The van der Waals surface area contributed by atoms with Crippen LogP contribution >= 0.6 is 0 Å². The molecule has 1 aromatic carbocycles.